The van der Waals surface area contributed by atoms with Crippen LogP contribution in [0.1, 0.15) is 66.2 Å². The van der Waals surface area contributed by atoms with Gasteiger partial charge in [0.05, 0.1) is 19.3 Å². The quantitative estimate of drug-likeness (QED) is 0.554. The molecule has 1 N–H and O–H groups in total. The van der Waals surface area contributed by atoms with Crippen LogP contribution in [0.2, 0.25) is 0 Å². The molecule has 0 amide bonds. The van der Waals surface area contributed by atoms with Crippen molar-refractivity contribution in [1.29, 1.82) is 0 Å². The Morgan fingerprint density at radius 2 is 1.75 bits per heavy atom. The molecule has 0 radical (unpaired) electrons. The Balaban J connectivity index is 2.27. The van der Waals surface area contributed by atoms with Gasteiger partial charge in [-0.3, -0.25) is 0 Å². The van der Waals surface area contributed by atoms with Crippen molar-refractivity contribution in [1.82, 2.24) is 5.32 Å². The predicted octanol–water partition coefficient (Wildman–Crippen LogP) is 3.77. The summed E-state index contributed by atoms with van der Waals surface area (Å²) < 4.78 is 11.7. The van der Waals surface area contributed by atoms with Crippen molar-refractivity contribution in [2.45, 2.75) is 78.4 Å². The zero-order chi connectivity index (χ0) is 14.8. The lowest BCUT2D eigenvalue weighted by Crippen LogP contribution is -2.63. The summed E-state index contributed by atoms with van der Waals surface area (Å²) in [6, 6.07) is 0.642. The molecule has 1 rings (SSSR count). The van der Waals surface area contributed by atoms with Crippen LogP contribution in [0.15, 0.2) is 0 Å². The van der Waals surface area contributed by atoms with E-state index < -0.39 is 0 Å². The van der Waals surface area contributed by atoms with Gasteiger partial charge in [0.15, 0.2) is 0 Å². The summed E-state index contributed by atoms with van der Waals surface area (Å²) in [5, 5.41) is 3.70. The Morgan fingerprint density at radius 1 is 1.00 bits per heavy atom. The fourth-order valence-corrected chi connectivity index (χ4v) is 3.38. The fraction of sp³-hybridized carbons (Fsp3) is 1.00. The summed E-state index contributed by atoms with van der Waals surface area (Å²) in [6.45, 7) is 12.5. The molecule has 0 aromatic heterocycles. The van der Waals surface area contributed by atoms with E-state index in [1.54, 1.807) is 0 Å². The number of nitrogens with one attached hydrogen (secondary N) is 1. The van der Waals surface area contributed by atoms with Gasteiger partial charge in [0.25, 0.3) is 0 Å². The molecule has 120 valence electrons. The molecule has 1 saturated carbocycles. The molecule has 0 bridgehead atoms. The van der Waals surface area contributed by atoms with Crippen LogP contribution in [0, 0.1) is 5.41 Å². The lowest BCUT2D eigenvalue weighted by atomic mass is 9.58. The van der Waals surface area contributed by atoms with Crippen LogP contribution >= 0.6 is 0 Å². The molecule has 3 heteroatoms. The van der Waals surface area contributed by atoms with Gasteiger partial charge in [0.2, 0.25) is 0 Å². The number of ether oxygens (including phenoxy) is 2. The van der Waals surface area contributed by atoms with Crippen molar-refractivity contribution in [2.24, 2.45) is 5.41 Å². The van der Waals surface area contributed by atoms with Gasteiger partial charge in [0.1, 0.15) is 0 Å². The molecular weight excluding hydrogens is 250 g/mol. The van der Waals surface area contributed by atoms with E-state index in [1.165, 1.54) is 25.7 Å². The topological polar surface area (TPSA) is 30.5 Å². The van der Waals surface area contributed by atoms with Gasteiger partial charge in [-0.1, -0.05) is 34.1 Å². The van der Waals surface area contributed by atoms with E-state index in [0.717, 1.165) is 39.2 Å². The highest BCUT2D eigenvalue weighted by atomic mass is 16.5. The highest BCUT2D eigenvalue weighted by Gasteiger charge is 2.52. The number of unbranched alkanes of at least 4 members (excludes halogenated alkanes) is 1. The molecule has 0 saturated heterocycles. The zero-order valence-electron chi connectivity index (χ0n) is 14.0. The van der Waals surface area contributed by atoms with Crippen molar-refractivity contribution >= 4 is 0 Å². The van der Waals surface area contributed by atoms with Crippen LogP contribution in [0.5, 0.6) is 0 Å². The largest absolute Gasteiger partial charge is 0.379 e. The van der Waals surface area contributed by atoms with E-state index in [9.17, 15) is 0 Å². The molecule has 1 fully saturated rings. The van der Waals surface area contributed by atoms with Crippen LogP contribution in [-0.4, -0.2) is 38.5 Å². The van der Waals surface area contributed by atoms with Crippen LogP contribution in [0.4, 0.5) is 0 Å². The third kappa shape index (κ3) is 4.44. The normalized spacial score (nSPS) is 24.6. The Hall–Kier alpha value is -0.120. The Kier molecular flexibility index (Phi) is 8.74. The first-order chi connectivity index (χ1) is 9.75. The molecule has 0 aromatic carbocycles. The van der Waals surface area contributed by atoms with E-state index in [2.05, 4.69) is 33.0 Å². The van der Waals surface area contributed by atoms with Crippen molar-refractivity contribution < 1.29 is 9.47 Å². The second-order valence-corrected chi connectivity index (χ2v) is 6.01. The third-order valence-corrected chi connectivity index (χ3v) is 4.93. The van der Waals surface area contributed by atoms with Gasteiger partial charge < -0.3 is 14.8 Å². The standard InChI is InChI=1S/C17H35NO2/c1-5-9-11-19-12-13-20-16-14-15(18-10-6-2)17(16,7-3)8-4/h15-16,18H,5-14H2,1-4H3. The second-order valence-electron chi connectivity index (χ2n) is 6.01. The summed E-state index contributed by atoms with van der Waals surface area (Å²) in [7, 11) is 0. The number of rotatable bonds is 12. The van der Waals surface area contributed by atoms with Gasteiger partial charge in [-0.2, -0.15) is 0 Å². The van der Waals surface area contributed by atoms with Crippen LogP contribution in [0.3, 0.4) is 0 Å². The van der Waals surface area contributed by atoms with E-state index in [4.69, 9.17) is 9.47 Å². The van der Waals surface area contributed by atoms with Crippen molar-refractivity contribution in [2.75, 3.05) is 26.4 Å². The first-order valence-electron chi connectivity index (χ1n) is 8.67. The molecule has 0 aliphatic heterocycles. The lowest BCUT2D eigenvalue weighted by molar-refractivity contribution is -0.148. The maximum absolute atomic E-state index is 6.10. The van der Waals surface area contributed by atoms with E-state index >= 15 is 0 Å². The van der Waals surface area contributed by atoms with E-state index in [-0.39, 0.29) is 0 Å². The van der Waals surface area contributed by atoms with Crippen molar-refractivity contribution in [3.05, 3.63) is 0 Å². The Bertz CT molecular complexity index is 241. The maximum atomic E-state index is 6.10. The Morgan fingerprint density at radius 3 is 2.35 bits per heavy atom. The van der Waals surface area contributed by atoms with Crippen LogP contribution < -0.4 is 5.32 Å². The minimum Gasteiger partial charge on any atom is -0.379 e. The SMILES string of the molecule is CCCCOCCOC1CC(NCCC)C1(CC)CC. The second kappa shape index (κ2) is 9.75. The smallest absolute Gasteiger partial charge is 0.0704 e. The van der Waals surface area contributed by atoms with Crippen molar-refractivity contribution in [3.63, 3.8) is 0 Å². The molecule has 0 aromatic rings. The zero-order valence-corrected chi connectivity index (χ0v) is 14.0. The van der Waals surface area contributed by atoms with Gasteiger partial charge in [-0.05, 0) is 38.6 Å². The monoisotopic (exact) mass is 285 g/mol. The van der Waals surface area contributed by atoms with E-state index in [1.807, 2.05) is 0 Å². The highest BCUT2D eigenvalue weighted by molar-refractivity contribution is 5.06. The molecule has 20 heavy (non-hydrogen) atoms. The average Bonchev–Trinajstić information content (AvgIpc) is 2.45. The minimum atomic E-state index is 0.346. The average molecular weight is 285 g/mol. The fourth-order valence-electron chi connectivity index (χ4n) is 3.38. The summed E-state index contributed by atoms with van der Waals surface area (Å²) in [4.78, 5) is 0. The molecule has 1 aliphatic carbocycles. The first-order valence-corrected chi connectivity index (χ1v) is 8.67. The number of hydrogen-bond donors (Lipinski definition) is 1. The van der Waals surface area contributed by atoms with Gasteiger partial charge in [-0.25, -0.2) is 0 Å². The molecule has 0 spiro atoms. The molecule has 2 atom stereocenters. The van der Waals surface area contributed by atoms with Gasteiger partial charge in [-0.15, -0.1) is 0 Å². The van der Waals surface area contributed by atoms with Gasteiger partial charge >= 0.3 is 0 Å². The molecule has 0 heterocycles. The first kappa shape index (κ1) is 17.9. The van der Waals surface area contributed by atoms with E-state index in [0.29, 0.717) is 17.6 Å². The molecule has 2 unspecified atom stereocenters. The highest BCUT2D eigenvalue weighted by Crippen LogP contribution is 2.48. The van der Waals surface area contributed by atoms with Gasteiger partial charge in [0, 0.05) is 18.1 Å². The number of hydrogen-bond acceptors (Lipinski definition) is 3. The van der Waals surface area contributed by atoms with Crippen molar-refractivity contribution in [3.8, 4) is 0 Å². The summed E-state index contributed by atoms with van der Waals surface area (Å²) in [5.74, 6) is 0. The maximum Gasteiger partial charge on any atom is 0.0704 e. The Labute approximate surface area is 125 Å². The lowest BCUT2D eigenvalue weighted by Gasteiger charge is -2.55. The molecule has 1 aliphatic rings. The van der Waals surface area contributed by atoms with Crippen LogP contribution in [0.25, 0.3) is 0 Å². The minimum absolute atomic E-state index is 0.346. The summed E-state index contributed by atoms with van der Waals surface area (Å²) in [5.41, 5.74) is 0.346. The predicted molar refractivity (Wildman–Crippen MR) is 85.2 cm³/mol. The summed E-state index contributed by atoms with van der Waals surface area (Å²) >= 11 is 0. The molecular formula is C17H35NO2. The third-order valence-electron chi connectivity index (χ3n) is 4.93. The molecule has 3 nitrogen and oxygen atoms in total. The summed E-state index contributed by atoms with van der Waals surface area (Å²) in [6.07, 6.45) is 7.54. The van der Waals surface area contributed by atoms with Crippen LogP contribution in [-0.2, 0) is 9.47 Å².